The van der Waals surface area contributed by atoms with Crippen LogP contribution in [0.5, 0.6) is 5.75 Å². The van der Waals surface area contributed by atoms with Crippen LogP contribution in [0.1, 0.15) is 22.3 Å². The number of nitro benzene ring substituents is 1. The second-order valence-electron chi connectivity index (χ2n) is 7.90. The summed E-state index contributed by atoms with van der Waals surface area (Å²) in [4.78, 5) is 28.1. The van der Waals surface area contributed by atoms with Crippen LogP contribution in [0, 0.1) is 27.5 Å². The van der Waals surface area contributed by atoms with Crippen molar-refractivity contribution in [2.45, 2.75) is 20.5 Å². The first-order valence-corrected chi connectivity index (χ1v) is 14.0. The van der Waals surface area contributed by atoms with Crippen molar-refractivity contribution in [3.05, 3.63) is 98.3 Å². The number of ether oxygens (including phenoxy) is 1. The molecule has 0 saturated carbocycles. The van der Waals surface area contributed by atoms with Crippen LogP contribution in [-0.2, 0) is 11.4 Å². The zero-order valence-corrected chi connectivity index (χ0v) is 25.1. The summed E-state index contributed by atoms with van der Waals surface area (Å²) in [5.74, 6) is 0.455. The number of nitro groups is 1. The van der Waals surface area contributed by atoms with Crippen molar-refractivity contribution in [1.82, 2.24) is 5.32 Å². The second kappa shape index (κ2) is 11.4. The van der Waals surface area contributed by atoms with Gasteiger partial charge >= 0.3 is 0 Å². The first-order valence-electron chi connectivity index (χ1n) is 10.5. The van der Waals surface area contributed by atoms with Gasteiger partial charge < -0.3 is 10.1 Å². The van der Waals surface area contributed by atoms with E-state index in [2.05, 4.69) is 64.8 Å². The highest BCUT2D eigenvalue weighted by molar-refractivity contribution is 14.1. The highest BCUT2D eigenvalue weighted by Gasteiger charge is 2.24. The monoisotopic (exact) mass is 741 g/mol. The Bertz CT molecular complexity index is 1400. The fraction of sp³-hybridized carbons (Fsp3) is 0.120. The third-order valence-corrected chi connectivity index (χ3v) is 8.70. The average molecular weight is 743 g/mol. The maximum atomic E-state index is 12.6. The summed E-state index contributed by atoms with van der Waals surface area (Å²) < 4.78 is 8.60. The van der Waals surface area contributed by atoms with Crippen molar-refractivity contribution < 1.29 is 14.5 Å². The van der Waals surface area contributed by atoms with Crippen LogP contribution in [0.15, 0.2) is 67.4 Å². The minimum Gasteiger partial charge on any atom is -0.487 e. The lowest BCUT2D eigenvalue weighted by molar-refractivity contribution is -0.384. The van der Waals surface area contributed by atoms with Crippen molar-refractivity contribution in [2.24, 2.45) is 4.99 Å². The number of carbonyl (C=O) groups excluding carboxylic acids is 1. The number of non-ortho nitro benzene ring substituents is 1. The molecule has 11 heteroatoms. The number of aryl methyl sites for hydroxylation is 2. The first-order chi connectivity index (χ1) is 17.1. The van der Waals surface area contributed by atoms with E-state index in [4.69, 9.17) is 4.74 Å². The van der Waals surface area contributed by atoms with Crippen LogP contribution in [-0.4, -0.2) is 16.0 Å². The normalized spacial score (nSPS) is 15.4. The van der Waals surface area contributed by atoms with Crippen LogP contribution in [0.2, 0.25) is 0 Å². The maximum Gasteiger partial charge on any atom is 0.269 e. The summed E-state index contributed by atoms with van der Waals surface area (Å²) in [6.45, 7) is 4.27. The molecule has 184 valence electrons. The van der Waals surface area contributed by atoms with Crippen LogP contribution < -0.4 is 10.1 Å². The number of benzene rings is 3. The summed E-state index contributed by atoms with van der Waals surface area (Å²) in [7, 11) is 0. The number of amidine groups is 1. The van der Waals surface area contributed by atoms with E-state index in [0.29, 0.717) is 15.8 Å². The van der Waals surface area contributed by atoms with Gasteiger partial charge in [0, 0.05) is 16.6 Å². The number of amides is 1. The van der Waals surface area contributed by atoms with Gasteiger partial charge in [0.05, 0.1) is 23.6 Å². The third-order valence-electron chi connectivity index (χ3n) is 5.15. The Balaban J connectivity index is 1.49. The molecule has 3 aromatic carbocycles. The van der Waals surface area contributed by atoms with E-state index in [0.717, 1.165) is 40.5 Å². The minimum atomic E-state index is -0.433. The van der Waals surface area contributed by atoms with Crippen LogP contribution >= 0.6 is 66.2 Å². The predicted molar refractivity (Wildman–Crippen MR) is 159 cm³/mol. The number of hydrogen-bond donors (Lipinski definition) is 1. The summed E-state index contributed by atoms with van der Waals surface area (Å²) in [6, 6.07) is 14.0. The molecule has 0 bridgehead atoms. The number of rotatable bonds is 6. The molecule has 3 aromatic rings. The molecule has 0 aliphatic carbocycles. The SMILES string of the molecule is Cc1cc(N=C2NC(=O)/C(=C/c3cc(Br)c(OCc4ccc([N+](=O)[O-])cc4)c(I)c3)S2)cc(C)c1Br. The average Bonchev–Trinajstić information content (AvgIpc) is 3.15. The van der Waals surface area contributed by atoms with Gasteiger partial charge in [0.15, 0.2) is 5.17 Å². The summed E-state index contributed by atoms with van der Waals surface area (Å²) in [6.07, 6.45) is 1.81. The molecule has 1 fully saturated rings. The molecule has 7 nitrogen and oxygen atoms in total. The number of thioether (sulfide) groups is 1. The summed E-state index contributed by atoms with van der Waals surface area (Å²) in [5.41, 5.74) is 4.63. The number of carbonyl (C=O) groups is 1. The van der Waals surface area contributed by atoms with Crippen molar-refractivity contribution >= 4 is 94.7 Å². The molecule has 1 heterocycles. The molecule has 0 spiro atoms. The number of hydrogen-bond acceptors (Lipinski definition) is 6. The minimum absolute atomic E-state index is 0.0380. The fourth-order valence-corrected chi connectivity index (χ4v) is 6.25. The van der Waals surface area contributed by atoms with Gasteiger partial charge in [0.2, 0.25) is 0 Å². The maximum absolute atomic E-state index is 12.6. The van der Waals surface area contributed by atoms with E-state index < -0.39 is 4.92 Å². The van der Waals surface area contributed by atoms with E-state index in [9.17, 15) is 14.9 Å². The van der Waals surface area contributed by atoms with Gasteiger partial charge in [-0.05, 0) is 129 Å². The van der Waals surface area contributed by atoms with E-state index in [1.807, 2.05) is 44.2 Å². The zero-order valence-electron chi connectivity index (χ0n) is 19.0. The molecule has 1 amide bonds. The Kier molecular flexibility index (Phi) is 8.53. The standard InChI is InChI=1S/C25H18Br2IN3O4S/c1-13-7-17(8-14(2)22(13)27)29-25-30-24(32)21(36-25)11-16-9-19(26)23(20(28)10-16)35-12-15-3-5-18(6-4-15)31(33)34/h3-11H,12H2,1-2H3,(H,29,30,32)/b21-11-. The van der Waals surface area contributed by atoms with Crippen molar-refractivity contribution in [1.29, 1.82) is 0 Å². The number of aliphatic imine (C=N–C) groups is 1. The zero-order chi connectivity index (χ0) is 26.0. The Labute approximate surface area is 242 Å². The van der Waals surface area contributed by atoms with Gasteiger partial charge in [-0.1, -0.05) is 15.9 Å². The molecular weight excluding hydrogens is 725 g/mol. The summed E-state index contributed by atoms with van der Waals surface area (Å²) >= 11 is 10.6. The quantitative estimate of drug-likeness (QED) is 0.120. The van der Waals surface area contributed by atoms with Crippen molar-refractivity contribution in [3.63, 3.8) is 0 Å². The third kappa shape index (κ3) is 6.36. The van der Waals surface area contributed by atoms with Gasteiger partial charge in [0.25, 0.3) is 11.6 Å². The molecule has 0 unspecified atom stereocenters. The topological polar surface area (TPSA) is 93.8 Å². The highest BCUT2D eigenvalue weighted by Crippen LogP contribution is 2.35. The van der Waals surface area contributed by atoms with Crippen molar-refractivity contribution in [3.8, 4) is 5.75 Å². The van der Waals surface area contributed by atoms with Gasteiger partial charge in [-0.25, -0.2) is 4.99 Å². The smallest absolute Gasteiger partial charge is 0.269 e. The fourth-order valence-electron chi connectivity index (χ4n) is 3.41. The summed E-state index contributed by atoms with van der Waals surface area (Å²) in [5, 5.41) is 14.2. The second-order valence-corrected chi connectivity index (χ2v) is 11.7. The Morgan fingerprint density at radius 3 is 2.42 bits per heavy atom. The lowest BCUT2D eigenvalue weighted by Crippen LogP contribution is -2.19. The number of nitrogens with one attached hydrogen (secondary N) is 1. The van der Waals surface area contributed by atoms with Gasteiger partial charge in [-0.15, -0.1) is 0 Å². The van der Waals surface area contributed by atoms with Gasteiger partial charge in [-0.2, -0.15) is 0 Å². The molecule has 1 saturated heterocycles. The lowest BCUT2D eigenvalue weighted by atomic mass is 10.1. The number of nitrogens with zero attached hydrogens (tertiary/aromatic N) is 2. The molecule has 1 aliphatic rings. The molecule has 36 heavy (non-hydrogen) atoms. The molecule has 4 rings (SSSR count). The molecule has 0 aromatic heterocycles. The molecular formula is C25H18Br2IN3O4S. The van der Waals surface area contributed by atoms with Crippen LogP contribution in [0.4, 0.5) is 11.4 Å². The predicted octanol–water partition coefficient (Wildman–Crippen LogP) is 7.81. The van der Waals surface area contributed by atoms with Crippen molar-refractivity contribution in [2.75, 3.05) is 0 Å². The first kappa shape index (κ1) is 26.8. The lowest BCUT2D eigenvalue weighted by Gasteiger charge is -2.11. The Hall–Kier alpha value is -2.22. The van der Waals surface area contributed by atoms with Crippen LogP contribution in [0.25, 0.3) is 6.08 Å². The molecule has 0 atom stereocenters. The Morgan fingerprint density at radius 2 is 1.81 bits per heavy atom. The molecule has 1 N–H and O–H groups in total. The Morgan fingerprint density at radius 1 is 1.14 bits per heavy atom. The van der Waals surface area contributed by atoms with E-state index in [1.54, 1.807) is 12.1 Å². The van der Waals surface area contributed by atoms with Gasteiger partial charge in [0.1, 0.15) is 12.4 Å². The largest absolute Gasteiger partial charge is 0.487 e. The van der Waals surface area contributed by atoms with E-state index in [-0.39, 0.29) is 18.2 Å². The molecule has 1 aliphatic heterocycles. The van der Waals surface area contributed by atoms with E-state index in [1.165, 1.54) is 23.9 Å². The van der Waals surface area contributed by atoms with Crippen LogP contribution in [0.3, 0.4) is 0 Å². The highest BCUT2D eigenvalue weighted by atomic mass is 127. The molecule has 0 radical (unpaired) electrons. The van der Waals surface area contributed by atoms with E-state index >= 15 is 0 Å². The number of halogens is 3. The van der Waals surface area contributed by atoms with Gasteiger partial charge in [-0.3, -0.25) is 14.9 Å².